The Kier molecular flexibility index (Phi) is 9.39. The van der Waals surface area contributed by atoms with Gasteiger partial charge in [-0.3, -0.25) is 19.2 Å². The molecule has 0 saturated heterocycles. The molecule has 1 aliphatic rings. The quantitative estimate of drug-likeness (QED) is 0.337. The van der Waals surface area contributed by atoms with Gasteiger partial charge < -0.3 is 21.3 Å². The summed E-state index contributed by atoms with van der Waals surface area (Å²) < 4.78 is 14.3. The number of carbonyl (C=O) groups excluding carboxylic acids is 4. The topological polar surface area (TPSA) is 122 Å². The Hall–Kier alpha value is -4.37. The number of hydrogen-bond acceptors (Lipinski definition) is 5. The van der Waals surface area contributed by atoms with E-state index in [9.17, 15) is 23.6 Å². The number of amides is 3. The molecule has 0 unspecified atom stereocenters. The Balaban J connectivity index is 1.49. The van der Waals surface area contributed by atoms with Gasteiger partial charge in [-0.2, -0.15) is 0 Å². The molecule has 0 bridgehead atoms. The highest BCUT2D eigenvalue weighted by Gasteiger charge is 2.36. The Morgan fingerprint density at radius 2 is 1.68 bits per heavy atom. The van der Waals surface area contributed by atoms with E-state index in [-0.39, 0.29) is 56.2 Å². The fourth-order valence-electron chi connectivity index (χ4n) is 4.80. The van der Waals surface area contributed by atoms with Crippen LogP contribution >= 0.6 is 0 Å². The molecule has 3 amide bonds. The molecule has 0 fully saturated rings. The van der Waals surface area contributed by atoms with Crippen LogP contribution in [0.4, 0.5) is 10.1 Å². The molecule has 3 aromatic rings. The molecule has 1 heterocycles. The maximum absolute atomic E-state index is 14.3. The number of nitrogens with two attached hydrogens (primary N) is 1. The second-order valence-corrected chi connectivity index (χ2v) is 9.91. The number of halogens is 1. The summed E-state index contributed by atoms with van der Waals surface area (Å²) in [6, 6.07) is 18.8. The summed E-state index contributed by atoms with van der Waals surface area (Å²) in [6.45, 7) is 2.04. The highest BCUT2D eigenvalue weighted by atomic mass is 19.1. The van der Waals surface area contributed by atoms with E-state index in [1.165, 1.54) is 17.0 Å². The van der Waals surface area contributed by atoms with E-state index >= 15 is 0 Å². The van der Waals surface area contributed by atoms with E-state index in [1.54, 1.807) is 37.3 Å². The van der Waals surface area contributed by atoms with Crippen LogP contribution in [0.15, 0.2) is 72.8 Å². The van der Waals surface area contributed by atoms with Crippen LogP contribution in [0.5, 0.6) is 0 Å². The van der Waals surface area contributed by atoms with Crippen LogP contribution in [0.2, 0.25) is 0 Å². The molecule has 4 rings (SSSR count). The van der Waals surface area contributed by atoms with Crippen LogP contribution in [-0.2, 0) is 27.3 Å². The number of anilines is 1. The van der Waals surface area contributed by atoms with Gasteiger partial charge in [-0.25, -0.2) is 4.39 Å². The maximum atomic E-state index is 14.3. The van der Waals surface area contributed by atoms with Gasteiger partial charge >= 0.3 is 0 Å². The SMILES string of the molecule is Cc1ccc(NC(=O)[C@H](CCN)NC(=O)[C@@H]2Cc3ccccc3CN2C(=O)CCC(=O)c2ccccc2)c(F)c1. The molecular weight excluding hydrogens is 511 g/mol. The van der Waals surface area contributed by atoms with Crippen LogP contribution in [0, 0.1) is 12.7 Å². The number of ketones is 1. The van der Waals surface area contributed by atoms with Gasteiger partial charge in [-0.15, -0.1) is 0 Å². The van der Waals surface area contributed by atoms with Crippen molar-refractivity contribution >= 4 is 29.2 Å². The van der Waals surface area contributed by atoms with Crippen molar-refractivity contribution in [3.63, 3.8) is 0 Å². The molecule has 0 radical (unpaired) electrons. The van der Waals surface area contributed by atoms with Gasteiger partial charge in [0.1, 0.15) is 17.9 Å². The molecule has 0 saturated carbocycles. The number of fused-ring (bicyclic) bond motifs is 1. The van der Waals surface area contributed by atoms with Gasteiger partial charge in [0.25, 0.3) is 0 Å². The number of benzene rings is 3. The van der Waals surface area contributed by atoms with E-state index in [0.29, 0.717) is 11.1 Å². The second kappa shape index (κ2) is 13.1. The summed E-state index contributed by atoms with van der Waals surface area (Å²) in [4.78, 5) is 54.0. The predicted molar refractivity (Wildman–Crippen MR) is 150 cm³/mol. The normalized spacial score (nSPS) is 15.1. The molecular formula is C31H33FN4O4. The number of aryl methyl sites for hydroxylation is 1. The molecule has 40 heavy (non-hydrogen) atoms. The van der Waals surface area contributed by atoms with E-state index in [4.69, 9.17) is 5.73 Å². The molecule has 2 atom stereocenters. The first-order valence-electron chi connectivity index (χ1n) is 13.3. The summed E-state index contributed by atoms with van der Waals surface area (Å²) in [6.07, 6.45) is 0.326. The van der Waals surface area contributed by atoms with Gasteiger partial charge in [-0.05, 0) is 48.7 Å². The van der Waals surface area contributed by atoms with Crippen LogP contribution in [0.1, 0.15) is 46.3 Å². The zero-order valence-corrected chi connectivity index (χ0v) is 22.4. The lowest BCUT2D eigenvalue weighted by Crippen LogP contribution is -2.56. The van der Waals surface area contributed by atoms with Crippen LogP contribution in [-0.4, -0.2) is 47.0 Å². The van der Waals surface area contributed by atoms with Gasteiger partial charge in [-0.1, -0.05) is 60.7 Å². The van der Waals surface area contributed by atoms with Gasteiger partial charge in [0.2, 0.25) is 17.7 Å². The third-order valence-corrected chi connectivity index (χ3v) is 7.00. The van der Waals surface area contributed by atoms with E-state index in [0.717, 1.165) is 11.1 Å². The van der Waals surface area contributed by atoms with Crippen LogP contribution < -0.4 is 16.4 Å². The predicted octanol–water partition coefficient (Wildman–Crippen LogP) is 3.52. The Labute approximate surface area is 232 Å². The number of rotatable bonds is 10. The minimum Gasteiger partial charge on any atom is -0.342 e. The molecule has 1 aliphatic heterocycles. The summed E-state index contributed by atoms with van der Waals surface area (Å²) in [5.41, 5.74) is 8.78. The number of hydrogen-bond donors (Lipinski definition) is 3. The average Bonchev–Trinajstić information content (AvgIpc) is 2.96. The van der Waals surface area contributed by atoms with Crippen molar-refractivity contribution in [2.24, 2.45) is 5.73 Å². The zero-order chi connectivity index (χ0) is 28.6. The van der Waals surface area contributed by atoms with E-state index in [1.807, 2.05) is 30.3 Å². The Bertz CT molecular complexity index is 1400. The summed E-state index contributed by atoms with van der Waals surface area (Å²) in [5.74, 6) is -2.20. The number of Topliss-reactive ketones (excluding diaryl/α,β-unsaturated/α-hetero) is 1. The maximum Gasteiger partial charge on any atom is 0.247 e. The van der Waals surface area contributed by atoms with Crippen LogP contribution in [0.25, 0.3) is 0 Å². The number of nitrogens with one attached hydrogen (secondary N) is 2. The number of nitrogens with zero attached hydrogens (tertiary/aromatic N) is 1. The minimum atomic E-state index is -1.04. The fraction of sp³-hybridized carbons (Fsp3) is 0.290. The zero-order valence-electron chi connectivity index (χ0n) is 22.4. The molecule has 0 aliphatic carbocycles. The number of carbonyl (C=O) groups is 4. The Morgan fingerprint density at radius 3 is 2.38 bits per heavy atom. The van der Waals surface area contributed by atoms with E-state index in [2.05, 4.69) is 10.6 Å². The van der Waals surface area contributed by atoms with Gasteiger partial charge in [0.15, 0.2) is 5.78 Å². The lowest BCUT2D eigenvalue weighted by Gasteiger charge is -2.36. The van der Waals surface area contributed by atoms with Crippen molar-refractivity contribution in [1.29, 1.82) is 0 Å². The molecule has 0 spiro atoms. The largest absolute Gasteiger partial charge is 0.342 e. The first kappa shape index (κ1) is 28.6. The first-order chi connectivity index (χ1) is 19.3. The first-order valence-corrected chi connectivity index (χ1v) is 13.3. The summed E-state index contributed by atoms with van der Waals surface area (Å²) in [5, 5.41) is 5.26. The standard InChI is InChI=1S/C31H33FN4O4/c1-20-11-12-25(24(32)17-20)34-30(39)26(15-16-33)35-31(40)27-18-22-9-5-6-10-23(22)19-36(27)29(38)14-13-28(37)21-7-3-2-4-8-21/h2-12,17,26-27H,13-16,18-19,33H2,1H3,(H,34,39)(H,35,40)/t26-,27-/m0/s1. The molecule has 4 N–H and O–H groups in total. The third-order valence-electron chi connectivity index (χ3n) is 7.00. The summed E-state index contributed by atoms with van der Waals surface area (Å²) in [7, 11) is 0. The lowest BCUT2D eigenvalue weighted by atomic mass is 9.92. The molecule has 208 valence electrons. The Morgan fingerprint density at radius 1 is 0.975 bits per heavy atom. The second-order valence-electron chi connectivity index (χ2n) is 9.91. The van der Waals surface area contributed by atoms with Crippen molar-refractivity contribution in [1.82, 2.24) is 10.2 Å². The van der Waals surface area contributed by atoms with Gasteiger partial charge in [0, 0.05) is 31.4 Å². The van der Waals surface area contributed by atoms with E-state index < -0.39 is 29.7 Å². The lowest BCUT2D eigenvalue weighted by molar-refractivity contribution is -0.142. The molecule has 9 heteroatoms. The fourth-order valence-corrected chi connectivity index (χ4v) is 4.80. The molecule has 0 aromatic heterocycles. The van der Waals surface area contributed by atoms with Crippen molar-refractivity contribution in [2.75, 3.05) is 11.9 Å². The highest BCUT2D eigenvalue weighted by Crippen LogP contribution is 2.25. The monoisotopic (exact) mass is 544 g/mol. The minimum absolute atomic E-state index is 0.00153. The van der Waals surface area contributed by atoms with Crippen molar-refractivity contribution < 1.29 is 23.6 Å². The van der Waals surface area contributed by atoms with Crippen LogP contribution in [0.3, 0.4) is 0 Å². The van der Waals surface area contributed by atoms with Crippen molar-refractivity contribution in [3.8, 4) is 0 Å². The van der Waals surface area contributed by atoms with Crippen molar-refractivity contribution in [3.05, 3.63) is 101 Å². The van der Waals surface area contributed by atoms with Crippen molar-refractivity contribution in [2.45, 2.75) is 51.2 Å². The smallest absolute Gasteiger partial charge is 0.247 e. The third kappa shape index (κ3) is 6.98. The van der Waals surface area contributed by atoms with Gasteiger partial charge in [0.05, 0.1) is 5.69 Å². The molecule has 8 nitrogen and oxygen atoms in total. The average molecular weight is 545 g/mol. The highest BCUT2D eigenvalue weighted by molar-refractivity contribution is 6.00. The molecule has 3 aromatic carbocycles. The summed E-state index contributed by atoms with van der Waals surface area (Å²) >= 11 is 0.